The zero-order valence-corrected chi connectivity index (χ0v) is 16.2. The number of aliphatic carboxylic acids is 1. The zero-order chi connectivity index (χ0) is 19.4. The van der Waals surface area contributed by atoms with Gasteiger partial charge in [0.1, 0.15) is 5.75 Å². The van der Waals surface area contributed by atoms with Crippen molar-refractivity contribution in [3.05, 3.63) is 29.3 Å². The molecular weight excluding hydrogens is 344 g/mol. The average molecular weight is 374 g/mol. The summed E-state index contributed by atoms with van der Waals surface area (Å²) in [6, 6.07) is 6.43. The van der Waals surface area contributed by atoms with Gasteiger partial charge in [0.05, 0.1) is 19.6 Å². The Bertz CT molecular complexity index is 681. The molecule has 1 aromatic carbocycles. The van der Waals surface area contributed by atoms with Crippen molar-refractivity contribution in [1.29, 1.82) is 0 Å². The highest BCUT2D eigenvalue weighted by Gasteiger charge is 2.37. The highest BCUT2D eigenvalue weighted by molar-refractivity contribution is 5.76. The molecule has 0 unspecified atom stereocenters. The number of rotatable bonds is 10. The monoisotopic (exact) mass is 374 g/mol. The molecule has 0 aromatic heterocycles. The molecule has 0 radical (unpaired) electrons. The molecule has 2 fully saturated rings. The number of carbonyl (C=O) groups is 2. The van der Waals surface area contributed by atoms with Gasteiger partial charge in [-0.2, -0.15) is 0 Å². The highest BCUT2D eigenvalue weighted by atomic mass is 16.5. The van der Waals surface area contributed by atoms with E-state index in [-0.39, 0.29) is 24.5 Å². The van der Waals surface area contributed by atoms with E-state index in [1.54, 1.807) is 0 Å². The summed E-state index contributed by atoms with van der Waals surface area (Å²) in [5, 5.41) is 12.1. The lowest BCUT2D eigenvalue weighted by Gasteiger charge is -2.42. The van der Waals surface area contributed by atoms with E-state index in [1.807, 2.05) is 26.0 Å². The van der Waals surface area contributed by atoms with Gasteiger partial charge >= 0.3 is 5.97 Å². The van der Waals surface area contributed by atoms with Crippen LogP contribution in [-0.2, 0) is 9.59 Å². The van der Waals surface area contributed by atoms with Gasteiger partial charge in [-0.05, 0) is 57.1 Å². The van der Waals surface area contributed by atoms with E-state index >= 15 is 0 Å². The molecule has 27 heavy (non-hydrogen) atoms. The number of aryl methyl sites for hydroxylation is 2. The number of nitrogens with zero attached hydrogens (tertiary/aromatic N) is 1. The summed E-state index contributed by atoms with van der Waals surface area (Å²) in [5.74, 6) is 0.712. The van der Waals surface area contributed by atoms with Gasteiger partial charge in [0.2, 0.25) is 5.91 Å². The lowest BCUT2D eigenvalue weighted by Crippen LogP contribution is -2.55. The third kappa shape index (κ3) is 5.96. The molecule has 0 bridgehead atoms. The Morgan fingerprint density at radius 3 is 2.63 bits per heavy atom. The lowest BCUT2D eigenvalue weighted by molar-refractivity contribution is -0.140. The third-order valence-electron chi connectivity index (χ3n) is 5.44. The number of carboxylic acids is 1. The van der Waals surface area contributed by atoms with Gasteiger partial charge in [-0.15, -0.1) is 0 Å². The van der Waals surface area contributed by atoms with Crippen LogP contribution >= 0.6 is 0 Å². The van der Waals surface area contributed by atoms with Crippen LogP contribution in [0.5, 0.6) is 5.75 Å². The number of carboxylic acid groups (broad SMARTS) is 1. The summed E-state index contributed by atoms with van der Waals surface area (Å²) < 4.78 is 5.72. The van der Waals surface area contributed by atoms with Gasteiger partial charge in [0, 0.05) is 18.6 Å². The quantitative estimate of drug-likeness (QED) is 0.658. The molecule has 0 heterocycles. The Hall–Kier alpha value is -2.08. The van der Waals surface area contributed by atoms with Crippen molar-refractivity contribution < 1.29 is 19.4 Å². The minimum Gasteiger partial charge on any atom is -0.493 e. The number of hydrogen-bond donors (Lipinski definition) is 2. The normalized spacial score (nSPS) is 21.6. The average Bonchev–Trinajstić information content (AvgIpc) is 3.35. The minimum atomic E-state index is -0.772. The Labute approximate surface area is 160 Å². The van der Waals surface area contributed by atoms with E-state index in [4.69, 9.17) is 9.84 Å². The van der Waals surface area contributed by atoms with Gasteiger partial charge in [-0.1, -0.05) is 17.7 Å². The first-order chi connectivity index (χ1) is 12.9. The fourth-order valence-electron chi connectivity index (χ4n) is 3.67. The topological polar surface area (TPSA) is 78.9 Å². The summed E-state index contributed by atoms with van der Waals surface area (Å²) in [4.78, 5) is 25.3. The molecule has 2 N–H and O–H groups in total. The van der Waals surface area contributed by atoms with Crippen molar-refractivity contribution in [3.63, 3.8) is 0 Å². The van der Waals surface area contributed by atoms with Crippen LogP contribution < -0.4 is 10.1 Å². The van der Waals surface area contributed by atoms with Crippen LogP contribution in [0, 0.1) is 19.8 Å². The fourth-order valence-corrected chi connectivity index (χ4v) is 3.67. The number of amides is 1. The number of carbonyl (C=O) groups excluding carboxylic acids is 1. The molecule has 2 saturated carbocycles. The first-order valence-corrected chi connectivity index (χ1v) is 9.86. The molecule has 6 heteroatoms. The maximum Gasteiger partial charge on any atom is 0.317 e. The third-order valence-corrected chi connectivity index (χ3v) is 5.44. The van der Waals surface area contributed by atoms with Crippen LogP contribution in [0.3, 0.4) is 0 Å². The summed E-state index contributed by atoms with van der Waals surface area (Å²) in [6.45, 7) is 5.38. The summed E-state index contributed by atoms with van der Waals surface area (Å²) in [7, 11) is 0. The second kappa shape index (κ2) is 8.74. The van der Waals surface area contributed by atoms with Gasteiger partial charge < -0.3 is 15.2 Å². The predicted molar refractivity (Wildman–Crippen MR) is 103 cm³/mol. The smallest absolute Gasteiger partial charge is 0.317 e. The van der Waals surface area contributed by atoms with Gasteiger partial charge in [-0.3, -0.25) is 14.5 Å². The maximum atomic E-state index is 12.1. The van der Waals surface area contributed by atoms with Gasteiger partial charge in [-0.25, -0.2) is 0 Å². The second-order valence-electron chi connectivity index (χ2n) is 8.02. The molecule has 0 saturated heterocycles. The van der Waals surface area contributed by atoms with Crippen molar-refractivity contribution in [2.75, 3.05) is 19.7 Å². The van der Waals surface area contributed by atoms with Crippen molar-refractivity contribution in [2.24, 2.45) is 5.92 Å². The van der Waals surface area contributed by atoms with E-state index in [0.29, 0.717) is 18.9 Å². The van der Waals surface area contributed by atoms with E-state index in [2.05, 4.69) is 16.3 Å². The number of hydrogen-bond acceptors (Lipinski definition) is 4. The predicted octanol–water partition coefficient (Wildman–Crippen LogP) is 2.52. The molecular formula is C21H30N2O4. The van der Waals surface area contributed by atoms with Crippen LogP contribution in [-0.4, -0.2) is 53.7 Å². The number of ether oxygens (including phenoxy) is 1. The first-order valence-electron chi connectivity index (χ1n) is 9.86. The molecule has 6 nitrogen and oxygen atoms in total. The Balaban J connectivity index is 1.35. The number of benzene rings is 1. The SMILES string of the molecule is Cc1ccc(OCCC(=O)NC2CC(N(CC(=O)O)CC3CC3)C2)c(C)c1. The van der Waals surface area contributed by atoms with Crippen LogP contribution in [0.15, 0.2) is 18.2 Å². The molecule has 2 aliphatic carbocycles. The fraction of sp³-hybridized carbons (Fsp3) is 0.619. The first kappa shape index (κ1) is 19.7. The Morgan fingerprint density at radius 1 is 1.26 bits per heavy atom. The summed E-state index contributed by atoms with van der Waals surface area (Å²) in [5.41, 5.74) is 2.27. The molecule has 148 valence electrons. The second-order valence-corrected chi connectivity index (χ2v) is 8.02. The number of nitrogens with one attached hydrogen (secondary N) is 1. The van der Waals surface area contributed by atoms with Crippen molar-refractivity contribution in [1.82, 2.24) is 10.2 Å². The standard InChI is InChI=1S/C21H30N2O4/c1-14-3-6-19(15(2)9-14)27-8-7-20(24)22-17-10-18(11-17)23(13-21(25)26)12-16-4-5-16/h3,6,9,16-18H,4-5,7-8,10-13H2,1-2H3,(H,22,24)(H,25,26). The molecule has 3 rings (SSSR count). The molecule has 2 aliphatic rings. The van der Waals surface area contributed by atoms with Crippen LogP contribution in [0.2, 0.25) is 0 Å². The minimum absolute atomic E-state index is 0.00445. The van der Waals surface area contributed by atoms with Crippen LogP contribution in [0.4, 0.5) is 0 Å². The Kier molecular flexibility index (Phi) is 6.37. The largest absolute Gasteiger partial charge is 0.493 e. The van der Waals surface area contributed by atoms with E-state index in [0.717, 1.165) is 30.7 Å². The van der Waals surface area contributed by atoms with Crippen molar-refractivity contribution >= 4 is 11.9 Å². The van der Waals surface area contributed by atoms with E-state index in [1.165, 1.54) is 18.4 Å². The molecule has 0 atom stereocenters. The summed E-state index contributed by atoms with van der Waals surface area (Å²) >= 11 is 0. The highest BCUT2D eigenvalue weighted by Crippen LogP contribution is 2.33. The van der Waals surface area contributed by atoms with Crippen molar-refractivity contribution in [3.8, 4) is 5.75 Å². The maximum absolute atomic E-state index is 12.1. The molecule has 1 amide bonds. The molecule has 0 spiro atoms. The van der Waals surface area contributed by atoms with Crippen LogP contribution in [0.25, 0.3) is 0 Å². The van der Waals surface area contributed by atoms with E-state index < -0.39 is 5.97 Å². The van der Waals surface area contributed by atoms with Gasteiger partial charge in [0.15, 0.2) is 0 Å². The van der Waals surface area contributed by atoms with Crippen molar-refractivity contribution in [2.45, 2.75) is 58.0 Å². The molecule has 0 aliphatic heterocycles. The lowest BCUT2D eigenvalue weighted by atomic mass is 9.85. The molecule has 1 aromatic rings. The van der Waals surface area contributed by atoms with E-state index in [9.17, 15) is 9.59 Å². The zero-order valence-electron chi connectivity index (χ0n) is 16.2. The van der Waals surface area contributed by atoms with Crippen LogP contribution in [0.1, 0.15) is 43.2 Å². The van der Waals surface area contributed by atoms with Gasteiger partial charge in [0.25, 0.3) is 0 Å². The Morgan fingerprint density at radius 2 is 2.00 bits per heavy atom. The summed E-state index contributed by atoms with van der Waals surface area (Å²) in [6.07, 6.45) is 4.43.